The molecule has 3 rings (SSSR count). The number of hydrogen-bond donors (Lipinski definition) is 1. The van der Waals surface area contributed by atoms with Crippen LogP contribution in [0.15, 0.2) is 6.07 Å². The first kappa shape index (κ1) is 18.2. The summed E-state index contributed by atoms with van der Waals surface area (Å²) in [6.07, 6.45) is -3.15. The molecule has 1 aromatic rings. The van der Waals surface area contributed by atoms with E-state index in [2.05, 4.69) is 10.4 Å². The summed E-state index contributed by atoms with van der Waals surface area (Å²) >= 11 is 0. The second-order valence-corrected chi connectivity index (χ2v) is 7.03. The summed E-state index contributed by atoms with van der Waals surface area (Å²) in [5, 5.41) is 15.1. The van der Waals surface area contributed by atoms with Gasteiger partial charge >= 0.3 is 6.18 Å². The molecule has 1 aliphatic carbocycles. The van der Waals surface area contributed by atoms with Crippen LogP contribution in [0.2, 0.25) is 0 Å². The van der Waals surface area contributed by atoms with Gasteiger partial charge in [0.15, 0.2) is 5.69 Å². The van der Waals surface area contributed by atoms with Gasteiger partial charge in [0.25, 0.3) is 5.91 Å². The Morgan fingerprint density at radius 1 is 1.42 bits per heavy atom. The van der Waals surface area contributed by atoms with Gasteiger partial charge in [0.1, 0.15) is 17.3 Å². The van der Waals surface area contributed by atoms with E-state index in [0.29, 0.717) is 25.3 Å². The maximum Gasteiger partial charge on any atom is 0.435 e. The summed E-state index contributed by atoms with van der Waals surface area (Å²) in [6.45, 7) is 2.11. The summed E-state index contributed by atoms with van der Waals surface area (Å²) in [5.41, 5.74) is -2.25. The molecule has 0 aromatic carbocycles. The first-order chi connectivity index (χ1) is 12.1. The summed E-state index contributed by atoms with van der Waals surface area (Å²) in [7, 11) is 1.26. The van der Waals surface area contributed by atoms with Crippen LogP contribution in [0.25, 0.3) is 0 Å². The SMILES string of the molecule is C[C@H]1C[C@@H](C(=O)NC2(C#N)CC2)N(C(=O)c2cc(C(F)(F)F)nn2C)C1. The van der Waals surface area contributed by atoms with Crippen LogP contribution in [0, 0.1) is 17.2 Å². The molecule has 26 heavy (non-hydrogen) atoms. The molecule has 7 nitrogen and oxygen atoms in total. The maximum absolute atomic E-state index is 12.8. The van der Waals surface area contributed by atoms with Crippen molar-refractivity contribution in [1.82, 2.24) is 20.0 Å². The van der Waals surface area contributed by atoms with Crippen molar-refractivity contribution in [3.63, 3.8) is 0 Å². The van der Waals surface area contributed by atoms with Crippen molar-refractivity contribution in [2.75, 3.05) is 6.54 Å². The van der Waals surface area contributed by atoms with E-state index in [1.165, 1.54) is 11.9 Å². The molecule has 1 aliphatic heterocycles. The van der Waals surface area contributed by atoms with Crippen molar-refractivity contribution in [3.8, 4) is 6.07 Å². The Balaban J connectivity index is 1.82. The van der Waals surface area contributed by atoms with Crippen molar-refractivity contribution < 1.29 is 22.8 Å². The van der Waals surface area contributed by atoms with Crippen LogP contribution in [-0.2, 0) is 18.0 Å². The van der Waals surface area contributed by atoms with Crippen molar-refractivity contribution in [3.05, 3.63) is 17.5 Å². The average Bonchev–Trinajstić information content (AvgIpc) is 3.02. The fraction of sp³-hybridized carbons (Fsp3) is 0.625. The molecule has 0 radical (unpaired) electrons. The van der Waals surface area contributed by atoms with Gasteiger partial charge in [0, 0.05) is 19.7 Å². The average molecular weight is 369 g/mol. The molecule has 0 spiro atoms. The zero-order chi connectivity index (χ0) is 19.3. The Bertz CT molecular complexity index is 791. The highest BCUT2D eigenvalue weighted by molar-refractivity contribution is 5.97. The molecule has 2 heterocycles. The van der Waals surface area contributed by atoms with E-state index in [0.717, 1.165) is 4.68 Å². The van der Waals surface area contributed by atoms with Gasteiger partial charge in [-0.05, 0) is 25.2 Å². The normalized spacial score (nSPS) is 24.2. The quantitative estimate of drug-likeness (QED) is 0.873. The van der Waals surface area contributed by atoms with Gasteiger partial charge in [-0.3, -0.25) is 14.3 Å². The number of nitrogens with one attached hydrogen (secondary N) is 1. The maximum atomic E-state index is 12.8. The molecule has 140 valence electrons. The molecule has 1 saturated heterocycles. The highest BCUT2D eigenvalue weighted by Gasteiger charge is 2.48. The van der Waals surface area contributed by atoms with E-state index in [4.69, 9.17) is 5.26 Å². The summed E-state index contributed by atoms with van der Waals surface area (Å²) < 4.78 is 39.4. The third kappa shape index (κ3) is 3.25. The number of nitriles is 1. The topological polar surface area (TPSA) is 91.0 Å². The predicted molar refractivity (Wildman–Crippen MR) is 82.5 cm³/mol. The summed E-state index contributed by atoms with van der Waals surface area (Å²) in [4.78, 5) is 26.6. The van der Waals surface area contributed by atoms with Crippen LogP contribution in [0.5, 0.6) is 0 Å². The smallest absolute Gasteiger partial charge is 0.336 e. The number of rotatable bonds is 3. The van der Waals surface area contributed by atoms with Crippen molar-refractivity contribution in [2.24, 2.45) is 13.0 Å². The number of nitrogens with zero attached hydrogens (tertiary/aromatic N) is 4. The van der Waals surface area contributed by atoms with E-state index in [9.17, 15) is 22.8 Å². The minimum Gasteiger partial charge on any atom is -0.336 e. The Morgan fingerprint density at radius 2 is 2.08 bits per heavy atom. The standard InChI is InChI=1S/C16H18F3N5O2/c1-9-5-10(13(25)21-15(8-20)3-4-15)24(7-9)14(26)11-6-12(16(17,18)19)22-23(11)2/h6,9-10H,3-5,7H2,1-2H3,(H,21,25)/t9-,10-/m0/s1. The lowest BCUT2D eigenvalue weighted by atomic mass is 10.1. The number of likely N-dealkylation sites (tertiary alicyclic amines) is 1. The molecule has 0 bridgehead atoms. The fourth-order valence-electron chi connectivity index (χ4n) is 3.18. The van der Waals surface area contributed by atoms with Crippen LogP contribution >= 0.6 is 0 Å². The van der Waals surface area contributed by atoms with Crippen LogP contribution in [0.1, 0.15) is 42.4 Å². The third-order valence-electron chi connectivity index (χ3n) is 4.79. The van der Waals surface area contributed by atoms with Gasteiger partial charge in [-0.25, -0.2) is 0 Å². The predicted octanol–water partition coefficient (Wildman–Crippen LogP) is 1.46. The molecule has 2 aliphatic rings. The van der Waals surface area contributed by atoms with Gasteiger partial charge in [-0.15, -0.1) is 0 Å². The first-order valence-electron chi connectivity index (χ1n) is 8.22. The summed E-state index contributed by atoms with van der Waals surface area (Å²) in [5.74, 6) is -1.11. The number of amides is 2. The van der Waals surface area contributed by atoms with Crippen LogP contribution < -0.4 is 5.32 Å². The largest absolute Gasteiger partial charge is 0.435 e. The molecule has 2 amide bonds. The van der Waals surface area contributed by atoms with Crippen molar-refractivity contribution in [1.29, 1.82) is 5.26 Å². The molecular weight excluding hydrogens is 351 g/mol. The lowest BCUT2D eigenvalue weighted by molar-refractivity contribution is -0.141. The Morgan fingerprint density at radius 3 is 2.58 bits per heavy atom. The van der Waals surface area contributed by atoms with E-state index < -0.39 is 35.3 Å². The number of alkyl halides is 3. The molecule has 1 N–H and O–H groups in total. The Hall–Kier alpha value is -2.57. The van der Waals surface area contributed by atoms with Gasteiger partial charge in [0.05, 0.1) is 6.07 Å². The minimum atomic E-state index is -4.66. The molecule has 1 saturated carbocycles. The molecule has 2 atom stereocenters. The molecule has 2 fully saturated rings. The summed E-state index contributed by atoms with van der Waals surface area (Å²) in [6, 6.07) is 1.93. The van der Waals surface area contributed by atoms with Crippen LogP contribution in [0.4, 0.5) is 13.2 Å². The first-order valence-corrected chi connectivity index (χ1v) is 8.22. The third-order valence-corrected chi connectivity index (χ3v) is 4.79. The number of carbonyl (C=O) groups excluding carboxylic acids is 2. The van der Waals surface area contributed by atoms with E-state index in [1.807, 2.05) is 13.0 Å². The Kier molecular flexibility index (Phi) is 4.21. The molecule has 1 aromatic heterocycles. The van der Waals surface area contributed by atoms with Crippen molar-refractivity contribution >= 4 is 11.8 Å². The monoisotopic (exact) mass is 369 g/mol. The van der Waals surface area contributed by atoms with Gasteiger partial charge < -0.3 is 10.2 Å². The van der Waals surface area contributed by atoms with E-state index in [1.54, 1.807) is 0 Å². The molecule has 10 heteroatoms. The van der Waals surface area contributed by atoms with E-state index in [-0.39, 0.29) is 18.2 Å². The number of aryl methyl sites for hydroxylation is 1. The van der Waals surface area contributed by atoms with Crippen molar-refractivity contribution in [2.45, 2.75) is 43.9 Å². The fourth-order valence-corrected chi connectivity index (χ4v) is 3.18. The van der Waals surface area contributed by atoms with Gasteiger partial charge in [-0.1, -0.05) is 6.92 Å². The van der Waals surface area contributed by atoms with Crippen LogP contribution in [-0.4, -0.2) is 44.6 Å². The minimum absolute atomic E-state index is 0.0160. The highest BCUT2D eigenvalue weighted by Crippen LogP contribution is 2.35. The Labute approximate surface area is 147 Å². The number of aromatic nitrogens is 2. The van der Waals surface area contributed by atoms with Gasteiger partial charge in [0.2, 0.25) is 5.91 Å². The zero-order valence-electron chi connectivity index (χ0n) is 14.3. The molecule has 0 unspecified atom stereocenters. The second-order valence-electron chi connectivity index (χ2n) is 7.03. The zero-order valence-corrected chi connectivity index (χ0v) is 14.3. The number of carbonyl (C=O) groups is 2. The lowest BCUT2D eigenvalue weighted by Gasteiger charge is -2.24. The number of hydrogen-bond acceptors (Lipinski definition) is 4. The van der Waals surface area contributed by atoms with E-state index >= 15 is 0 Å². The highest BCUT2D eigenvalue weighted by atomic mass is 19.4. The second kappa shape index (κ2) is 6.00. The van der Waals surface area contributed by atoms with Gasteiger partial charge in [-0.2, -0.15) is 23.5 Å². The molecular formula is C16H18F3N5O2. The lowest BCUT2D eigenvalue weighted by Crippen LogP contribution is -2.49. The van der Waals surface area contributed by atoms with Crippen LogP contribution in [0.3, 0.4) is 0 Å². The number of halogens is 3.